The van der Waals surface area contributed by atoms with Crippen molar-refractivity contribution >= 4 is 32.3 Å². The van der Waals surface area contributed by atoms with Gasteiger partial charge in [-0.1, -0.05) is 0 Å². The third kappa shape index (κ3) is 5.54. The molecule has 0 rings (SSSR count). The van der Waals surface area contributed by atoms with Gasteiger partial charge < -0.3 is 0 Å². The van der Waals surface area contributed by atoms with Gasteiger partial charge in [0, 0.05) is 0 Å². The molecule has 0 aliphatic carbocycles. The molecule has 0 saturated heterocycles. The Bertz CT molecular complexity index is 41.8. The van der Waals surface area contributed by atoms with Gasteiger partial charge >= 0.3 is 66.9 Å². The van der Waals surface area contributed by atoms with E-state index in [1.807, 2.05) is 0 Å². The predicted octanol–water partition coefficient (Wildman–Crippen LogP) is 3.19. The molecule has 0 heterocycles. The maximum atomic E-state index is 3.82. The van der Waals surface area contributed by atoms with Crippen molar-refractivity contribution in [1.82, 2.24) is 0 Å². The van der Waals surface area contributed by atoms with Gasteiger partial charge in [0.2, 0.25) is 0 Å². The van der Waals surface area contributed by atoms with Gasteiger partial charge in [0.1, 0.15) is 0 Å². The zero-order valence-corrected chi connectivity index (χ0v) is 11.9. The van der Waals surface area contributed by atoms with E-state index in [0.717, 1.165) is 0 Å². The normalized spacial score (nSPS) is 9.38. The van der Waals surface area contributed by atoms with Gasteiger partial charge in [0.25, 0.3) is 0 Å². The van der Waals surface area contributed by atoms with Crippen LogP contribution < -0.4 is 0 Å². The third-order valence-electron chi connectivity index (χ3n) is 1.20. The summed E-state index contributed by atoms with van der Waals surface area (Å²) in [6.07, 6.45) is 2.80. The monoisotopic (exact) mass is 370 g/mol. The number of hydrogen-bond acceptors (Lipinski definition) is 0. The van der Waals surface area contributed by atoms with Crippen LogP contribution in [-0.4, -0.2) is 20.3 Å². The molecule has 0 saturated carbocycles. The van der Waals surface area contributed by atoms with Gasteiger partial charge in [-0.3, -0.25) is 0 Å². The van der Waals surface area contributed by atoms with E-state index in [1.54, 1.807) is 7.96 Å². The summed E-state index contributed by atoms with van der Waals surface area (Å²) in [6.45, 7) is 4.56. The fraction of sp³-hybridized carbons (Fsp3) is 1.00. The minimum absolute atomic E-state index is 1.09. The van der Waals surface area contributed by atoms with Gasteiger partial charge in [0.05, 0.1) is 0 Å². The van der Waals surface area contributed by atoms with Gasteiger partial charge in [-0.2, -0.15) is 0 Å². The average molecular weight is 370 g/mol. The molecule has 0 aromatic heterocycles. The second-order valence-corrected chi connectivity index (χ2v) is 22.7. The molecule has 0 aliphatic heterocycles. The van der Waals surface area contributed by atoms with Crippen LogP contribution in [-0.2, 0) is 0 Å². The van der Waals surface area contributed by atoms with E-state index < -0.39 is 20.3 Å². The molecule has 0 spiro atoms. The number of halogens is 1. The van der Waals surface area contributed by atoms with Crippen LogP contribution >= 0.6 is 12.0 Å². The topological polar surface area (TPSA) is 0 Å². The van der Waals surface area contributed by atoms with E-state index in [9.17, 15) is 0 Å². The molecular weight excluding hydrogens is 356 g/mol. The van der Waals surface area contributed by atoms with E-state index in [4.69, 9.17) is 0 Å². The molecule has 0 unspecified atom stereocenters. The molecule has 0 fully saturated rings. The second kappa shape index (κ2) is 6.52. The second-order valence-electron chi connectivity index (χ2n) is 2.17. The quantitative estimate of drug-likeness (QED) is 0.667. The summed E-state index contributed by atoms with van der Waals surface area (Å²) in [7, 11) is 0. The fourth-order valence-corrected chi connectivity index (χ4v) is 14.8. The Balaban J connectivity index is 2.92. The maximum absolute atomic E-state index is 3.82. The molecule has 0 aromatic carbocycles. The van der Waals surface area contributed by atoms with E-state index in [1.165, 1.54) is 12.8 Å². The van der Waals surface area contributed by atoms with Crippen LogP contribution in [0.5, 0.6) is 0 Å². The standard InChI is InChI=1S/2C3H7.BrH.Tl/c2*1-3-2;;/h2*1,3H2,2H3;1H;/q;;;+1/p-1. The van der Waals surface area contributed by atoms with Crippen LogP contribution in [0.15, 0.2) is 0 Å². The Morgan fingerprint density at radius 3 is 1.75 bits per heavy atom. The summed E-state index contributed by atoms with van der Waals surface area (Å²) in [6, 6.07) is 0. The summed E-state index contributed by atoms with van der Waals surface area (Å²) >= 11 is 2.73. The molecule has 0 aromatic rings. The summed E-state index contributed by atoms with van der Waals surface area (Å²) in [4.78, 5) is 0. The summed E-state index contributed by atoms with van der Waals surface area (Å²) in [5.41, 5.74) is 0. The van der Waals surface area contributed by atoms with Crippen molar-refractivity contribution in [3.05, 3.63) is 0 Å². The van der Waals surface area contributed by atoms with E-state index in [-0.39, 0.29) is 0 Å². The average Bonchev–Trinajstić information content (AvgIpc) is 1.68. The van der Waals surface area contributed by atoms with Gasteiger partial charge in [-0.25, -0.2) is 0 Å². The fourth-order valence-electron chi connectivity index (χ4n) is 0.771. The first-order valence-electron chi connectivity index (χ1n) is 3.45. The third-order valence-corrected chi connectivity index (χ3v) is 18.6. The molecule has 0 aliphatic rings. The summed E-state index contributed by atoms with van der Waals surface area (Å²) in [5.74, 6) is 0. The molecule has 0 bridgehead atoms. The van der Waals surface area contributed by atoms with Crippen molar-refractivity contribution in [3.63, 3.8) is 0 Å². The van der Waals surface area contributed by atoms with E-state index >= 15 is 0 Å². The van der Waals surface area contributed by atoms with Crippen molar-refractivity contribution in [1.29, 1.82) is 0 Å². The van der Waals surface area contributed by atoms with Crippen LogP contribution in [0, 0.1) is 0 Å². The predicted molar refractivity (Wildman–Crippen MR) is 44.9 cm³/mol. The van der Waals surface area contributed by atoms with Crippen LogP contribution in [0.2, 0.25) is 7.96 Å². The molecule has 0 radical (unpaired) electrons. The Hall–Kier alpha value is 1.40. The molecule has 0 atom stereocenters. The zero-order valence-electron chi connectivity index (χ0n) is 5.78. The molecule has 2 heteroatoms. The first kappa shape index (κ1) is 9.40. The van der Waals surface area contributed by atoms with Crippen molar-refractivity contribution < 1.29 is 0 Å². The van der Waals surface area contributed by atoms with Gasteiger partial charge in [0.15, 0.2) is 0 Å². The van der Waals surface area contributed by atoms with Crippen molar-refractivity contribution in [3.8, 4) is 0 Å². The molecule has 0 nitrogen and oxygen atoms in total. The van der Waals surface area contributed by atoms with E-state index in [0.29, 0.717) is 0 Å². The van der Waals surface area contributed by atoms with Crippen LogP contribution in [0.25, 0.3) is 0 Å². The Morgan fingerprint density at radius 1 is 1.12 bits per heavy atom. The van der Waals surface area contributed by atoms with Gasteiger partial charge in [-0.15, -0.1) is 0 Å². The van der Waals surface area contributed by atoms with Crippen LogP contribution in [0.3, 0.4) is 0 Å². The molecule has 8 heavy (non-hydrogen) atoms. The Labute approximate surface area is 66.5 Å². The number of rotatable bonds is 4. The van der Waals surface area contributed by atoms with Crippen molar-refractivity contribution in [2.24, 2.45) is 0 Å². The van der Waals surface area contributed by atoms with Crippen molar-refractivity contribution in [2.45, 2.75) is 34.6 Å². The Morgan fingerprint density at radius 2 is 1.50 bits per heavy atom. The minimum atomic E-state index is -1.09. The molecule has 48 valence electrons. The molecular formula is C6H14BrTl. The van der Waals surface area contributed by atoms with Crippen LogP contribution in [0.1, 0.15) is 26.7 Å². The SMILES string of the molecule is CC[CH2][Tl]([Br])[CH2]CC. The van der Waals surface area contributed by atoms with Crippen LogP contribution in [0.4, 0.5) is 0 Å². The molecule has 0 amide bonds. The van der Waals surface area contributed by atoms with Gasteiger partial charge in [-0.05, 0) is 0 Å². The Kier molecular flexibility index (Phi) is 7.66. The summed E-state index contributed by atoms with van der Waals surface area (Å²) in [5, 5.41) is 0. The zero-order chi connectivity index (χ0) is 6.41. The van der Waals surface area contributed by atoms with E-state index in [2.05, 4.69) is 25.8 Å². The summed E-state index contributed by atoms with van der Waals surface area (Å²) < 4.78 is 3.10. The molecule has 0 N–H and O–H groups in total. The first-order valence-corrected chi connectivity index (χ1v) is 19.5. The number of hydrogen-bond donors (Lipinski definition) is 0. The first-order chi connectivity index (χ1) is 3.81. The van der Waals surface area contributed by atoms with Crippen molar-refractivity contribution in [2.75, 3.05) is 0 Å².